The lowest BCUT2D eigenvalue weighted by molar-refractivity contribution is -0.141. The van der Waals surface area contributed by atoms with Crippen LogP contribution in [0, 0.1) is 11.8 Å². The Hall–Kier alpha value is -3.35. The Labute approximate surface area is 193 Å². The second-order valence-corrected chi connectivity index (χ2v) is 9.01. The number of amides is 2. The van der Waals surface area contributed by atoms with Gasteiger partial charge in [-0.1, -0.05) is 55.5 Å². The summed E-state index contributed by atoms with van der Waals surface area (Å²) < 4.78 is 5.56. The fourth-order valence-electron chi connectivity index (χ4n) is 4.64. The molecule has 33 heavy (non-hydrogen) atoms. The van der Waals surface area contributed by atoms with Crippen LogP contribution in [0.5, 0.6) is 0 Å². The van der Waals surface area contributed by atoms with Crippen LogP contribution in [0.2, 0.25) is 0 Å². The van der Waals surface area contributed by atoms with Crippen molar-refractivity contribution in [3.05, 3.63) is 59.7 Å². The largest absolute Gasteiger partial charge is 0.481 e. The molecule has 3 N–H and O–H groups in total. The van der Waals surface area contributed by atoms with Crippen LogP contribution < -0.4 is 10.6 Å². The summed E-state index contributed by atoms with van der Waals surface area (Å²) in [7, 11) is 0. The summed E-state index contributed by atoms with van der Waals surface area (Å²) in [5.74, 6) is -1.37. The van der Waals surface area contributed by atoms with E-state index in [0.29, 0.717) is 32.2 Å². The number of fused-ring (bicyclic) bond motifs is 3. The maximum Gasteiger partial charge on any atom is 0.407 e. The maximum atomic E-state index is 12.4. The molecule has 1 fully saturated rings. The monoisotopic (exact) mass is 450 g/mol. The quantitative estimate of drug-likeness (QED) is 0.502. The highest BCUT2D eigenvalue weighted by Gasteiger charge is 2.36. The fraction of sp³-hybridized carbons (Fsp3) is 0.423. The zero-order valence-corrected chi connectivity index (χ0v) is 18.8. The first-order chi connectivity index (χ1) is 15.9. The molecule has 0 aromatic heterocycles. The van der Waals surface area contributed by atoms with Gasteiger partial charge in [-0.2, -0.15) is 0 Å². The van der Waals surface area contributed by atoms with E-state index in [1.165, 1.54) is 22.3 Å². The van der Waals surface area contributed by atoms with Crippen molar-refractivity contribution in [3.8, 4) is 11.1 Å². The molecule has 4 rings (SSSR count). The van der Waals surface area contributed by atoms with Crippen molar-refractivity contribution >= 4 is 18.0 Å². The molecule has 2 amide bonds. The first-order valence-electron chi connectivity index (χ1n) is 11.6. The van der Waals surface area contributed by atoms with Gasteiger partial charge in [-0.05, 0) is 47.9 Å². The van der Waals surface area contributed by atoms with E-state index in [2.05, 4.69) is 34.9 Å². The molecular formula is C26H30N2O5. The number of carboxylic acids is 1. The zero-order valence-electron chi connectivity index (χ0n) is 18.8. The van der Waals surface area contributed by atoms with Crippen LogP contribution in [0.4, 0.5) is 4.79 Å². The summed E-state index contributed by atoms with van der Waals surface area (Å²) in [5.41, 5.74) is 4.72. The minimum Gasteiger partial charge on any atom is -0.481 e. The summed E-state index contributed by atoms with van der Waals surface area (Å²) in [6, 6.07) is 16.3. The van der Waals surface area contributed by atoms with E-state index in [0.717, 1.165) is 0 Å². The minimum absolute atomic E-state index is 0.0203. The lowest BCUT2D eigenvalue weighted by Crippen LogP contribution is -2.49. The van der Waals surface area contributed by atoms with Gasteiger partial charge in [-0.15, -0.1) is 0 Å². The van der Waals surface area contributed by atoms with E-state index < -0.39 is 18.0 Å². The van der Waals surface area contributed by atoms with Crippen molar-refractivity contribution in [1.29, 1.82) is 0 Å². The van der Waals surface area contributed by atoms with Gasteiger partial charge in [0.2, 0.25) is 5.91 Å². The van der Waals surface area contributed by atoms with Gasteiger partial charge in [-0.3, -0.25) is 9.59 Å². The molecule has 0 radical (unpaired) electrons. The van der Waals surface area contributed by atoms with Crippen molar-refractivity contribution in [2.75, 3.05) is 13.2 Å². The Kier molecular flexibility index (Phi) is 6.96. The van der Waals surface area contributed by atoms with E-state index in [1.807, 2.05) is 24.3 Å². The highest BCUT2D eigenvalue weighted by molar-refractivity contribution is 5.80. The number of hydrogen-bond acceptors (Lipinski definition) is 4. The summed E-state index contributed by atoms with van der Waals surface area (Å²) in [4.78, 5) is 35.4. The number of carbonyl (C=O) groups is 3. The topological polar surface area (TPSA) is 105 Å². The first-order valence-corrected chi connectivity index (χ1v) is 11.6. The number of benzene rings is 2. The van der Waals surface area contributed by atoms with Gasteiger partial charge in [0.1, 0.15) is 6.61 Å². The molecule has 0 bridgehead atoms. The summed E-state index contributed by atoms with van der Waals surface area (Å²) in [6.45, 7) is 2.40. The molecule has 2 aromatic carbocycles. The number of rotatable bonds is 9. The third kappa shape index (κ3) is 5.18. The molecule has 1 saturated carbocycles. The average molecular weight is 451 g/mol. The number of ether oxygens (including phenoxy) is 1. The molecule has 7 heteroatoms. The van der Waals surface area contributed by atoms with Gasteiger partial charge in [0.05, 0.1) is 5.92 Å². The summed E-state index contributed by atoms with van der Waals surface area (Å²) >= 11 is 0. The molecule has 7 nitrogen and oxygen atoms in total. The molecule has 0 spiro atoms. The molecule has 2 aromatic rings. The number of nitrogens with one attached hydrogen (secondary N) is 2. The second kappa shape index (κ2) is 10.1. The predicted octanol–water partition coefficient (Wildman–Crippen LogP) is 3.92. The normalized spacial score (nSPS) is 19.5. The van der Waals surface area contributed by atoms with E-state index in [1.54, 1.807) is 6.92 Å². The van der Waals surface area contributed by atoms with E-state index in [9.17, 15) is 14.4 Å². The van der Waals surface area contributed by atoms with E-state index in [-0.39, 0.29) is 30.4 Å². The van der Waals surface area contributed by atoms with Crippen LogP contribution in [0.25, 0.3) is 11.1 Å². The lowest BCUT2D eigenvalue weighted by Gasteiger charge is -2.34. The van der Waals surface area contributed by atoms with E-state index >= 15 is 0 Å². The fourth-order valence-corrected chi connectivity index (χ4v) is 4.64. The highest BCUT2D eigenvalue weighted by atomic mass is 16.5. The molecule has 0 saturated heterocycles. The molecule has 174 valence electrons. The van der Waals surface area contributed by atoms with Crippen molar-refractivity contribution in [2.24, 2.45) is 11.8 Å². The Morgan fingerprint density at radius 3 is 2.24 bits per heavy atom. The zero-order chi connectivity index (χ0) is 23.4. The molecule has 2 aliphatic rings. The van der Waals surface area contributed by atoms with Gasteiger partial charge in [0.15, 0.2) is 0 Å². The summed E-state index contributed by atoms with van der Waals surface area (Å²) in [5, 5.41) is 14.6. The van der Waals surface area contributed by atoms with Gasteiger partial charge < -0.3 is 20.5 Å². The molecule has 2 aliphatic carbocycles. The third-order valence-corrected chi connectivity index (χ3v) is 6.71. The first kappa shape index (κ1) is 22.8. The summed E-state index contributed by atoms with van der Waals surface area (Å²) in [6.07, 6.45) is 1.88. The predicted molar refractivity (Wildman–Crippen MR) is 124 cm³/mol. The standard InChI is InChI=1S/C26H30N2O5/c1-16(25(30)31)7-6-12-27-24(29)17-13-18(14-17)28-26(32)33-15-23-21-10-4-2-8-19(21)20-9-3-5-11-22(20)23/h2-5,8-11,16-18,23H,6-7,12-15H2,1H3,(H,27,29)(H,28,32)(H,30,31). The van der Waals surface area contributed by atoms with Crippen LogP contribution in [0.1, 0.15) is 49.7 Å². The van der Waals surface area contributed by atoms with Gasteiger partial charge >= 0.3 is 12.1 Å². The van der Waals surface area contributed by atoms with Crippen molar-refractivity contribution in [3.63, 3.8) is 0 Å². The molecule has 1 unspecified atom stereocenters. The Bertz CT molecular complexity index is 985. The van der Waals surface area contributed by atoms with Gasteiger partial charge in [0, 0.05) is 24.4 Å². The molecule has 0 heterocycles. The Morgan fingerprint density at radius 1 is 1.03 bits per heavy atom. The van der Waals surface area contributed by atoms with Crippen molar-refractivity contribution < 1.29 is 24.2 Å². The minimum atomic E-state index is -0.817. The molecular weight excluding hydrogens is 420 g/mol. The Morgan fingerprint density at radius 2 is 1.64 bits per heavy atom. The van der Waals surface area contributed by atoms with Gasteiger partial charge in [0.25, 0.3) is 0 Å². The number of carbonyl (C=O) groups excluding carboxylic acids is 2. The third-order valence-electron chi connectivity index (χ3n) is 6.71. The van der Waals surface area contributed by atoms with E-state index in [4.69, 9.17) is 9.84 Å². The number of alkyl carbamates (subject to hydrolysis) is 1. The van der Waals surface area contributed by atoms with Crippen molar-refractivity contribution in [2.45, 2.75) is 44.6 Å². The SMILES string of the molecule is CC(CCCNC(=O)C1CC(NC(=O)OCC2c3ccccc3-c3ccccc32)C1)C(=O)O. The van der Waals surface area contributed by atoms with Crippen LogP contribution in [-0.2, 0) is 14.3 Å². The van der Waals surface area contributed by atoms with Crippen LogP contribution in [-0.4, -0.2) is 42.3 Å². The van der Waals surface area contributed by atoms with Crippen LogP contribution in [0.15, 0.2) is 48.5 Å². The van der Waals surface area contributed by atoms with Gasteiger partial charge in [-0.25, -0.2) is 4.79 Å². The number of aliphatic carboxylic acids is 1. The number of carboxylic acid groups (broad SMARTS) is 1. The maximum absolute atomic E-state index is 12.4. The molecule has 0 aliphatic heterocycles. The Balaban J connectivity index is 1.18. The highest BCUT2D eigenvalue weighted by Crippen LogP contribution is 2.44. The number of hydrogen-bond donors (Lipinski definition) is 3. The lowest BCUT2D eigenvalue weighted by atomic mass is 9.79. The molecule has 1 atom stereocenters. The average Bonchev–Trinajstić information content (AvgIpc) is 3.10. The van der Waals surface area contributed by atoms with Crippen molar-refractivity contribution in [1.82, 2.24) is 10.6 Å². The second-order valence-electron chi connectivity index (χ2n) is 9.01. The van der Waals surface area contributed by atoms with Crippen LogP contribution >= 0.6 is 0 Å². The smallest absolute Gasteiger partial charge is 0.407 e. The van der Waals surface area contributed by atoms with Crippen LogP contribution in [0.3, 0.4) is 0 Å².